The number of carbonyl (C=O) groups excluding carboxylic acids is 1. The third-order valence-corrected chi connectivity index (χ3v) is 6.03. The SMILES string of the molecule is Cc1cccc(N2CCN(C(=O)c3csc(-c4ccncc4)n3)CC2)c1C. The summed E-state index contributed by atoms with van der Waals surface area (Å²) in [5, 5.41) is 2.71. The molecule has 2 aromatic heterocycles. The van der Waals surface area contributed by atoms with Gasteiger partial charge in [-0.1, -0.05) is 12.1 Å². The molecule has 0 saturated carbocycles. The van der Waals surface area contributed by atoms with Crippen LogP contribution in [0.4, 0.5) is 5.69 Å². The van der Waals surface area contributed by atoms with E-state index >= 15 is 0 Å². The van der Waals surface area contributed by atoms with Crippen molar-refractivity contribution in [2.24, 2.45) is 0 Å². The fraction of sp³-hybridized carbons (Fsp3) is 0.286. The lowest BCUT2D eigenvalue weighted by Crippen LogP contribution is -2.49. The van der Waals surface area contributed by atoms with Crippen molar-refractivity contribution in [1.29, 1.82) is 0 Å². The maximum absolute atomic E-state index is 12.8. The number of nitrogens with zero attached hydrogens (tertiary/aromatic N) is 4. The maximum atomic E-state index is 12.8. The molecule has 0 bridgehead atoms. The van der Waals surface area contributed by atoms with Crippen LogP contribution in [0.5, 0.6) is 0 Å². The van der Waals surface area contributed by atoms with Gasteiger partial charge in [-0.05, 0) is 43.2 Å². The number of amides is 1. The molecule has 1 fully saturated rings. The van der Waals surface area contributed by atoms with Gasteiger partial charge in [-0.25, -0.2) is 4.98 Å². The molecule has 1 aliphatic rings. The van der Waals surface area contributed by atoms with Crippen LogP contribution >= 0.6 is 11.3 Å². The number of hydrogen-bond donors (Lipinski definition) is 0. The van der Waals surface area contributed by atoms with Crippen LogP contribution in [0.2, 0.25) is 0 Å². The lowest BCUT2D eigenvalue weighted by molar-refractivity contribution is 0.0742. The number of benzene rings is 1. The fourth-order valence-corrected chi connectivity index (χ4v) is 4.19. The Balaban J connectivity index is 1.43. The Kier molecular flexibility index (Phi) is 4.90. The van der Waals surface area contributed by atoms with Gasteiger partial charge in [-0.3, -0.25) is 9.78 Å². The Morgan fingerprint density at radius 3 is 2.52 bits per heavy atom. The van der Waals surface area contributed by atoms with E-state index in [2.05, 4.69) is 46.9 Å². The summed E-state index contributed by atoms with van der Waals surface area (Å²) in [6.07, 6.45) is 3.48. The molecule has 0 spiro atoms. The topological polar surface area (TPSA) is 49.3 Å². The highest BCUT2D eigenvalue weighted by Gasteiger charge is 2.24. The van der Waals surface area contributed by atoms with Crippen molar-refractivity contribution in [3.63, 3.8) is 0 Å². The number of piperazine rings is 1. The first-order valence-electron chi connectivity index (χ1n) is 9.10. The molecule has 1 amide bonds. The van der Waals surface area contributed by atoms with E-state index in [1.54, 1.807) is 12.4 Å². The Morgan fingerprint density at radius 2 is 1.78 bits per heavy atom. The molecule has 0 N–H and O–H groups in total. The number of aromatic nitrogens is 2. The van der Waals surface area contributed by atoms with Crippen LogP contribution < -0.4 is 4.90 Å². The zero-order chi connectivity index (χ0) is 18.8. The number of hydrogen-bond acceptors (Lipinski definition) is 5. The van der Waals surface area contributed by atoms with E-state index in [-0.39, 0.29) is 5.91 Å². The summed E-state index contributed by atoms with van der Waals surface area (Å²) in [6.45, 7) is 7.43. The molecule has 0 aliphatic carbocycles. The molecule has 3 aromatic rings. The second-order valence-corrected chi connectivity index (χ2v) is 7.63. The first kappa shape index (κ1) is 17.7. The molecule has 1 aromatic carbocycles. The summed E-state index contributed by atoms with van der Waals surface area (Å²) in [6, 6.07) is 10.2. The fourth-order valence-electron chi connectivity index (χ4n) is 3.39. The molecular formula is C21H22N4OS. The van der Waals surface area contributed by atoms with Gasteiger partial charge in [0.05, 0.1) is 0 Å². The van der Waals surface area contributed by atoms with Crippen molar-refractivity contribution in [3.8, 4) is 10.6 Å². The van der Waals surface area contributed by atoms with Crippen LogP contribution in [-0.2, 0) is 0 Å². The highest BCUT2D eigenvalue weighted by atomic mass is 32.1. The first-order chi connectivity index (χ1) is 13.1. The minimum Gasteiger partial charge on any atom is -0.368 e. The quantitative estimate of drug-likeness (QED) is 0.696. The van der Waals surface area contributed by atoms with Crippen molar-refractivity contribution in [2.45, 2.75) is 13.8 Å². The molecular weight excluding hydrogens is 356 g/mol. The maximum Gasteiger partial charge on any atom is 0.273 e. The number of thiazole rings is 1. The van der Waals surface area contributed by atoms with Gasteiger partial charge in [0, 0.05) is 55.2 Å². The molecule has 6 heteroatoms. The largest absolute Gasteiger partial charge is 0.368 e. The average molecular weight is 379 g/mol. The first-order valence-corrected chi connectivity index (χ1v) is 9.98. The molecule has 0 atom stereocenters. The number of pyridine rings is 1. The molecule has 138 valence electrons. The molecule has 1 aliphatic heterocycles. The summed E-state index contributed by atoms with van der Waals surface area (Å²) >= 11 is 1.50. The Hall–Kier alpha value is -2.73. The number of rotatable bonds is 3. The van der Waals surface area contributed by atoms with Crippen LogP contribution in [0.3, 0.4) is 0 Å². The van der Waals surface area contributed by atoms with Gasteiger partial charge in [-0.15, -0.1) is 11.3 Å². The van der Waals surface area contributed by atoms with Crippen LogP contribution in [0.15, 0.2) is 48.1 Å². The van der Waals surface area contributed by atoms with Gasteiger partial charge in [0.15, 0.2) is 0 Å². The van der Waals surface area contributed by atoms with Crippen molar-refractivity contribution in [2.75, 3.05) is 31.1 Å². The lowest BCUT2D eigenvalue weighted by atomic mass is 10.1. The second-order valence-electron chi connectivity index (χ2n) is 6.77. The van der Waals surface area contributed by atoms with E-state index in [0.29, 0.717) is 18.8 Å². The van der Waals surface area contributed by atoms with Crippen molar-refractivity contribution in [1.82, 2.24) is 14.9 Å². The van der Waals surface area contributed by atoms with Crippen LogP contribution in [0.1, 0.15) is 21.6 Å². The lowest BCUT2D eigenvalue weighted by Gasteiger charge is -2.36. The summed E-state index contributed by atoms with van der Waals surface area (Å²) in [4.78, 5) is 25.7. The Labute approximate surface area is 163 Å². The molecule has 1 saturated heterocycles. The third-order valence-electron chi connectivity index (χ3n) is 5.13. The van der Waals surface area contributed by atoms with E-state index in [1.165, 1.54) is 28.2 Å². The minimum absolute atomic E-state index is 0.0205. The Morgan fingerprint density at radius 1 is 1.04 bits per heavy atom. The molecule has 5 nitrogen and oxygen atoms in total. The zero-order valence-corrected chi connectivity index (χ0v) is 16.4. The van der Waals surface area contributed by atoms with E-state index in [1.807, 2.05) is 22.4 Å². The molecule has 4 rings (SSSR count). The highest BCUT2D eigenvalue weighted by Crippen LogP contribution is 2.26. The predicted octanol–water partition coefficient (Wildman–Crippen LogP) is 3.78. The van der Waals surface area contributed by atoms with Crippen LogP contribution in [0, 0.1) is 13.8 Å². The zero-order valence-electron chi connectivity index (χ0n) is 15.6. The summed E-state index contributed by atoms with van der Waals surface area (Å²) in [7, 11) is 0. The second kappa shape index (κ2) is 7.48. The minimum atomic E-state index is 0.0205. The van der Waals surface area contributed by atoms with Crippen LogP contribution in [-0.4, -0.2) is 47.0 Å². The number of anilines is 1. The van der Waals surface area contributed by atoms with Gasteiger partial charge in [-0.2, -0.15) is 0 Å². The normalized spacial score (nSPS) is 14.4. The van der Waals surface area contributed by atoms with Crippen molar-refractivity contribution < 1.29 is 4.79 Å². The van der Waals surface area contributed by atoms with Gasteiger partial charge < -0.3 is 9.80 Å². The van der Waals surface area contributed by atoms with Crippen molar-refractivity contribution >= 4 is 22.9 Å². The van der Waals surface area contributed by atoms with Gasteiger partial charge in [0.2, 0.25) is 0 Å². The van der Waals surface area contributed by atoms with E-state index in [0.717, 1.165) is 23.7 Å². The van der Waals surface area contributed by atoms with E-state index in [4.69, 9.17) is 0 Å². The third kappa shape index (κ3) is 3.57. The summed E-state index contributed by atoms with van der Waals surface area (Å²) in [5.41, 5.74) is 5.42. The highest BCUT2D eigenvalue weighted by molar-refractivity contribution is 7.13. The summed E-state index contributed by atoms with van der Waals surface area (Å²) < 4.78 is 0. The molecule has 0 unspecified atom stereocenters. The van der Waals surface area contributed by atoms with Gasteiger partial charge in [0.1, 0.15) is 10.7 Å². The molecule has 0 radical (unpaired) electrons. The van der Waals surface area contributed by atoms with Crippen LogP contribution in [0.25, 0.3) is 10.6 Å². The predicted molar refractivity (Wildman–Crippen MR) is 109 cm³/mol. The van der Waals surface area contributed by atoms with Gasteiger partial charge in [0.25, 0.3) is 5.91 Å². The smallest absolute Gasteiger partial charge is 0.273 e. The number of aryl methyl sites for hydroxylation is 1. The number of carbonyl (C=O) groups is 1. The van der Waals surface area contributed by atoms with Gasteiger partial charge >= 0.3 is 0 Å². The van der Waals surface area contributed by atoms with E-state index < -0.39 is 0 Å². The monoisotopic (exact) mass is 378 g/mol. The summed E-state index contributed by atoms with van der Waals surface area (Å²) in [5.74, 6) is 0.0205. The van der Waals surface area contributed by atoms with Crippen molar-refractivity contribution in [3.05, 3.63) is 64.9 Å². The van der Waals surface area contributed by atoms with E-state index in [9.17, 15) is 4.79 Å². The molecule has 3 heterocycles. The Bertz CT molecular complexity index is 946. The molecule has 27 heavy (non-hydrogen) atoms. The average Bonchev–Trinajstić information content (AvgIpc) is 3.21. The standard InChI is InChI=1S/C21H22N4OS/c1-15-4-3-5-19(16(15)2)24-10-12-25(13-11-24)21(26)18-14-27-20(23-18)17-6-8-22-9-7-17/h3-9,14H,10-13H2,1-2H3.